The first kappa shape index (κ1) is 17.9. The summed E-state index contributed by atoms with van der Waals surface area (Å²) in [6, 6.07) is 8.79. The largest absolute Gasteiger partial charge is 0.416 e. The molecule has 0 aliphatic rings. The number of alkyl halides is 3. The molecule has 24 heavy (non-hydrogen) atoms. The van der Waals surface area contributed by atoms with Crippen LogP contribution in [-0.4, -0.2) is 17.4 Å². The number of nitrogens with zero attached hydrogens (tertiary/aromatic N) is 1. The summed E-state index contributed by atoms with van der Waals surface area (Å²) in [5.41, 5.74) is 0.763. The van der Waals surface area contributed by atoms with Crippen LogP contribution in [0.4, 0.5) is 13.2 Å². The van der Waals surface area contributed by atoms with Crippen molar-refractivity contribution in [3.63, 3.8) is 0 Å². The second kappa shape index (κ2) is 8.44. The molecule has 4 nitrogen and oxygen atoms in total. The fraction of sp³-hybridized carbons (Fsp3) is 0.294. The zero-order valence-electron chi connectivity index (χ0n) is 12.9. The summed E-state index contributed by atoms with van der Waals surface area (Å²) in [6.45, 7) is 1.06. The van der Waals surface area contributed by atoms with Crippen LogP contribution in [0.1, 0.15) is 23.1 Å². The Balaban J connectivity index is 1.68. The zero-order chi connectivity index (χ0) is 17.4. The topological polar surface area (TPSA) is 54.0 Å². The van der Waals surface area contributed by atoms with Gasteiger partial charge in [-0.25, -0.2) is 0 Å². The number of carbonyl (C=O) groups excluding carboxylic acids is 1. The van der Waals surface area contributed by atoms with E-state index in [0.717, 1.165) is 17.7 Å². The highest BCUT2D eigenvalue weighted by Crippen LogP contribution is 2.29. The molecule has 0 atom stereocenters. The van der Waals surface area contributed by atoms with Gasteiger partial charge in [0.15, 0.2) is 0 Å². The van der Waals surface area contributed by atoms with E-state index < -0.39 is 11.7 Å². The third-order valence-electron chi connectivity index (χ3n) is 3.32. The van der Waals surface area contributed by atoms with Crippen molar-refractivity contribution in [2.24, 2.45) is 0 Å². The lowest BCUT2D eigenvalue weighted by atomic mass is 10.1. The highest BCUT2D eigenvalue weighted by Gasteiger charge is 2.30. The van der Waals surface area contributed by atoms with E-state index in [-0.39, 0.29) is 18.9 Å². The second-order valence-electron chi connectivity index (χ2n) is 5.26. The maximum Gasteiger partial charge on any atom is 0.416 e. The second-order valence-corrected chi connectivity index (χ2v) is 5.26. The lowest BCUT2D eigenvalue weighted by Crippen LogP contribution is -2.27. The summed E-state index contributed by atoms with van der Waals surface area (Å²) in [4.78, 5) is 15.6. The van der Waals surface area contributed by atoms with E-state index in [4.69, 9.17) is 0 Å². The molecule has 7 heteroatoms. The van der Waals surface area contributed by atoms with Crippen molar-refractivity contribution >= 4 is 5.91 Å². The molecule has 0 bridgehead atoms. The molecule has 0 spiro atoms. The predicted octanol–water partition coefficient (Wildman–Crippen LogP) is 2.90. The van der Waals surface area contributed by atoms with Gasteiger partial charge >= 0.3 is 6.18 Å². The smallest absolute Gasteiger partial charge is 0.352 e. The monoisotopic (exact) mass is 337 g/mol. The molecule has 0 aliphatic heterocycles. The van der Waals surface area contributed by atoms with Crippen molar-refractivity contribution in [3.8, 4) is 0 Å². The third kappa shape index (κ3) is 6.00. The zero-order valence-corrected chi connectivity index (χ0v) is 12.9. The first-order valence-electron chi connectivity index (χ1n) is 7.47. The lowest BCUT2D eigenvalue weighted by Gasteiger charge is -2.10. The minimum atomic E-state index is -4.35. The molecule has 1 aromatic carbocycles. The van der Waals surface area contributed by atoms with Gasteiger partial charge in [0.1, 0.15) is 0 Å². The number of benzene rings is 1. The first-order valence-corrected chi connectivity index (χ1v) is 7.47. The van der Waals surface area contributed by atoms with Gasteiger partial charge in [0.25, 0.3) is 0 Å². The quantitative estimate of drug-likeness (QED) is 0.764. The van der Waals surface area contributed by atoms with E-state index in [9.17, 15) is 18.0 Å². The molecular weight excluding hydrogens is 319 g/mol. The Morgan fingerprint density at radius 1 is 1.08 bits per heavy atom. The fourth-order valence-corrected chi connectivity index (χ4v) is 2.08. The van der Waals surface area contributed by atoms with E-state index in [1.807, 2.05) is 6.07 Å². The van der Waals surface area contributed by atoms with Gasteiger partial charge in [0.2, 0.25) is 5.91 Å². The minimum absolute atomic E-state index is 0.129. The number of rotatable bonds is 7. The van der Waals surface area contributed by atoms with Crippen molar-refractivity contribution in [1.29, 1.82) is 0 Å². The van der Waals surface area contributed by atoms with E-state index in [1.54, 1.807) is 24.5 Å². The Morgan fingerprint density at radius 3 is 2.58 bits per heavy atom. The Labute approximate surface area is 138 Å². The molecule has 2 aromatic rings. The van der Waals surface area contributed by atoms with Gasteiger partial charge in [-0.1, -0.05) is 24.3 Å². The van der Waals surface area contributed by atoms with Crippen LogP contribution in [0.3, 0.4) is 0 Å². The van der Waals surface area contributed by atoms with Gasteiger partial charge in [-0.05, 0) is 23.3 Å². The highest BCUT2D eigenvalue weighted by molar-refractivity contribution is 5.76. The van der Waals surface area contributed by atoms with Crippen LogP contribution in [-0.2, 0) is 24.1 Å². The molecule has 0 saturated carbocycles. The van der Waals surface area contributed by atoms with Crippen molar-refractivity contribution in [2.75, 3.05) is 6.54 Å². The first-order chi connectivity index (χ1) is 11.4. The fourth-order valence-electron chi connectivity index (χ4n) is 2.08. The van der Waals surface area contributed by atoms with Gasteiger partial charge in [0, 0.05) is 38.4 Å². The van der Waals surface area contributed by atoms with Crippen LogP contribution in [0.25, 0.3) is 0 Å². The van der Waals surface area contributed by atoms with Crippen molar-refractivity contribution in [3.05, 3.63) is 65.5 Å². The van der Waals surface area contributed by atoms with Crippen molar-refractivity contribution in [1.82, 2.24) is 15.6 Å². The molecule has 2 N–H and O–H groups in total. The molecule has 2 rings (SSSR count). The Morgan fingerprint density at radius 2 is 1.88 bits per heavy atom. The number of halogens is 3. The minimum Gasteiger partial charge on any atom is -0.352 e. The van der Waals surface area contributed by atoms with E-state index in [1.165, 1.54) is 6.07 Å². The number of nitrogens with one attached hydrogen (secondary N) is 2. The number of pyridine rings is 1. The van der Waals surface area contributed by atoms with E-state index in [0.29, 0.717) is 18.7 Å². The number of hydrogen-bond acceptors (Lipinski definition) is 3. The highest BCUT2D eigenvalue weighted by atomic mass is 19.4. The van der Waals surface area contributed by atoms with E-state index >= 15 is 0 Å². The average molecular weight is 337 g/mol. The number of carbonyl (C=O) groups is 1. The van der Waals surface area contributed by atoms with Gasteiger partial charge in [-0.15, -0.1) is 0 Å². The predicted molar refractivity (Wildman–Crippen MR) is 83.9 cm³/mol. The molecule has 0 radical (unpaired) electrons. The SMILES string of the molecule is O=C(CCNCc1cccc(C(F)(F)F)c1)NCc1cccnc1. The average Bonchev–Trinajstić information content (AvgIpc) is 2.57. The van der Waals surface area contributed by atoms with Crippen LogP contribution in [0.15, 0.2) is 48.8 Å². The van der Waals surface area contributed by atoms with Gasteiger partial charge in [-0.2, -0.15) is 13.2 Å². The Bertz CT molecular complexity index is 660. The van der Waals surface area contributed by atoms with Crippen LogP contribution in [0, 0.1) is 0 Å². The maximum absolute atomic E-state index is 12.6. The summed E-state index contributed by atoms with van der Waals surface area (Å²) in [5.74, 6) is -0.129. The third-order valence-corrected chi connectivity index (χ3v) is 3.32. The molecule has 0 saturated heterocycles. The summed E-state index contributed by atoms with van der Waals surface area (Å²) in [7, 11) is 0. The maximum atomic E-state index is 12.6. The summed E-state index contributed by atoms with van der Waals surface area (Å²) < 4.78 is 37.8. The van der Waals surface area contributed by atoms with Crippen LogP contribution >= 0.6 is 0 Å². The molecule has 0 aliphatic carbocycles. The van der Waals surface area contributed by atoms with Gasteiger partial charge in [0.05, 0.1) is 5.56 Å². The van der Waals surface area contributed by atoms with Gasteiger partial charge < -0.3 is 10.6 Å². The molecule has 0 fully saturated rings. The van der Waals surface area contributed by atoms with Crippen LogP contribution in [0.5, 0.6) is 0 Å². The lowest BCUT2D eigenvalue weighted by molar-refractivity contribution is -0.137. The Kier molecular flexibility index (Phi) is 6.31. The number of aromatic nitrogens is 1. The van der Waals surface area contributed by atoms with E-state index in [2.05, 4.69) is 15.6 Å². The Hall–Kier alpha value is -2.41. The normalized spacial score (nSPS) is 11.3. The molecular formula is C17H18F3N3O. The molecule has 1 aromatic heterocycles. The van der Waals surface area contributed by atoms with Crippen molar-refractivity contribution < 1.29 is 18.0 Å². The number of hydrogen-bond donors (Lipinski definition) is 2. The summed E-state index contributed by atoms with van der Waals surface area (Å²) in [6.07, 6.45) is -0.767. The van der Waals surface area contributed by atoms with Crippen molar-refractivity contribution in [2.45, 2.75) is 25.7 Å². The molecule has 0 unspecified atom stereocenters. The van der Waals surface area contributed by atoms with Crippen LogP contribution in [0.2, 0.25) is 0 Å². The number of amides is 1. The summed E-state index contributed by atoms with van der Waals surface area (Å²) in [5, 5.41) is 5.73. The standard InChI is InChI=1S/C17H18F3N3O/c18-17(19,20)15-5-1-3-13(9-15)10-22-8-6-16(24)23-12-14-4-2-7-21-11-14/h1-5,7,9,11,22H,6,8,10,12H2,(H,23,24). The van der Waals surface area contributed by atoms with Crippen LogP contribution < -0.4 is 10.6 Å². The molecule has 1 heterocycles. The summed E-state index contributed by atoms with van der Waals surface area (Å²) >= 11 is 0. The van der Waals surface area contributed by atoms with Gasteiger partial charge in [-0.3, -0.25) is 9.78 Å². The molecule has 128 valence electrons. The molecule has 1 amide bonds.